The Balaban J connectivity index is 2.09. The summed E-state index contributed by atoms with van der Waals surface area (Å²) in [6.07, 6.45) is 0. The predicted octanol–water partition coefficient (Wildman–Crippen LogP) is 1.55. The molecule has 5 nitrogen and oxygen atoms in total. The van der Waals surface area contributed by atoms with Gasteiger partial charge in [-0.2, -0.15) is 0 Å². The molecule has 1 aliphatic rings. The van der Waals surface area contributed by atoms with E-state index in [9.17, 15) is 22.7 Å². The molecule has 0 amide bonds. The maximum Gasteiger partial charge on any atom is 0.325 e. The van der Waals surface area contributed by atoms with E-state index < -0.39 is 38.3 Å². The van der Waals surface area contributed by atoms with E-state index in [0.29, 0.717) is 0 Å². The zero-order chi connectivity index (χ0) is 16.8. The lowest BCUT2D eigenvalue weighted by Gasteiger charge is -2.06. The fourth-order valence-electron chi connectivity index (χ4n) is 2.97. The third-order valence-electron chi connectivity index (χ3n) is 4.16. The topological polar surface area (TPSA) is 97.5 Å². The van der Waals surface area contributed by atoms with Gasteiger partial charge in [0.2, 0.25) is 0 Å². The Morgan fingerprint density at radius 1 is 1.13 bits per heavy atom. The first-order valence-corrected chi connectivity index (χ1v) is 8.41. The Morgan fingerprint density at radius 3 is 2.35 bits per heavy atom. The van der Waals surface area contributed by atoms with Gasteiger partial charge in [0.15, 0.2) is 9.84 Å². The van der Waals surface area contributed by atoms with Crippen molar-refractivity contribution < 1.29 is 22.7 Å². The summed E-state index contributed by atoms with van der Waals surface area (Å²) in [5.41, 5.74) is 4.18. The lowest BCUT2D eigenvalue weighted by atomic mass is 10.1. The van der Waals surface area contributed by atoms with Crippen LogP contribution in [0.3, 0.4) is 0 Å². The molecule has 0 radical (unpaired) electrons. The van der Waals surface area contributed by atoms with Gasteiger partial charge in [0.05, 0.1) is 4.90 Å². The first-order valence-electron chi connectivity index (χ1n) is 6.86. The average molecular weight is 335 g/mol. The summed E-state index contributed by atoms with van der Waals surface area (Å²) in [5, 5.41) is 8.07. The molecule has 0 saturated heterocycles. The fraction of sp³-hybridized carbons (Fsp3) is 0.188. The van der Waals surface area contributed by atoms with Gasteiger partial charge in [-0.15, -0.1) is 0 Å². The highest BCUT2D eigenvalue weighted by molar-refractivity contribution is 7.92. The van der Waals surface area contributed by atoms with Gasteiger partial charge >= 0.3 is 5.97 Å². The second-order valence-corrected chi connectivity index (χ2v) is 7.62. The molecule has 3 N–H and O–H groups in total. The highest BCUT2D eigenvalue weighted by Gasteiger charge is 2.74. The number of sulfone groups is 1. The summed E-state index contributed by atoms with van der Waals surface area (Å²) < 4.78 is 38.9. The fourth-order valence-corrected chi connectivity index (χ4v) is 5.22. The minimum absolute atomic E-state index is 0.0000203. The summed E-state index contributed by atoms with van der Waals surface area (Å²) in [7, 11) is -3.96. The molecule has 3 rings (SSSR count). The largest absolute Gasteiger partial charge is 0.480 e. The van der Waals surface area contributed by atoms with Crippen LogP contribution in [0.5, 0.6) is 0 Å². The molecule has 23 heavy (non-hydrogen) atoms. The number of benzene rings is 2. The van der Waals surface area contributed by atoms with Crippen LogP contribution >= 0.6 is 0 Å². The molecular formula is C16H14FNO4S. The molecule has 1 fully saturated rings. The number of rotatable bonds is 4. The second kappa shape index (κ2) is 5.14. The Morgan fingerprint density at radius 2 is 1.78 bits per heavy atom. The van der Waals surface area contributed by atoms with Crippen molar-refractivity contribution in [3.8, 4) is 0 Å². The van der Waals surface area contributed by atoms with Crippen LogP contribution in [0.2, 0.25) is 0 Å². The molecule has 1 saturated carbocycles. The molecule has 1 aliphatic carbocycles. The Labute approximate surface area is 132 Å². The lowest BCUT2D eigenvalue weighted by molar-refractivity contribution is -0.139. The molecule has 120 valence electrons. The number of halogens is 1. The third-order valence-corrected chi connectivity index (χ3v) is 6.42. The highest BCUT2D eigenvalue weighted by Crippen LogP contribution is 2.55. The maximum atomic E-state index is 13.4. The molecule has 2 aromatic carbocycles. The zero-order valence-corrected chi connectivity index (χ0v) is 12.7. The lowest BCUT2D eigenvalue weighted by Crippen LogP contribution is -2.39. The Bertz CT molecular complexity index is 869. The van der Waals surface area contributed by atoms with E-state index in [1.54, 1.807) is 18.2 Å². The van der Waals surface area contributed by atoms with Crippen LogP contribution in [-0.2, 0) is 14.6 Å². The molecule has 0 heterocycles. The SMILES string of the molecule is N[C@]1(C(=O)O)[C@H](c2cccc(F)c2)[C@@H]1S(=O)(=O)c1ccccc1. The summed E-state index contributed by atoms with van der Waals surface area (Å²) >= 11 is 0. The summed E-state index contributed by atoms with van der Waals surface area (Å²) in [6, 6.07) is 12.7. The molecule has 0 unspecified atom stereocenters. The van der Waals surface area contributed by atoms with Crippen molar-refractivity contribution in [2.24, 2.45) is 5.73 Å². The van der Waals surface area contributed by atoms with Crippen molar-refractivity contribution in [1.82, 2.24) is 0 Å². The van der Waals surface area contributed by atoms with Gasteiger partial charge in [-0.1, -0.05) is 30.3 Å². The van der Waals surface area contributed by atoms with Crippen molar-refractivity contribution in [2.75, 3.05) is 0 Å². The standard InChI is InChI=1S/C16H14FNO4S/c17-11-6-4-5-10(9-11)13-14(16(13,18)15(19)20)23(21,22)12-7-2-1-3-8-12/h1-9,13-14H,18H2,(H,19,20)/t13-,14+,16-/m1/s1. The summed E-state index contributed by atoms with van der Waals surface area (Å²) in [5.74, 6) is -2.99. The third kappa shape index (κ3) is 2.32. The van der Waals surface area contributed by atoms with E-state index in [4.69, 9.17) is 5.73 Å². The molecule has 0 aromatic heterocycles. The molecular weight excluding hydrogens is 321 g/mol. The van der Waals surface area contributed by atoms with Crippen LogP contribution in [0.25, 0.3) is 0 Å². The van der Waals surface area contributed by atoms with Crippen LogP contribution in [0.4, 0.5) is 4.39 Å². The van der Waals surface area contributed by atoms with Gasteiger partial charge in [-0.3, -0.25) is 4.79 Å². The number of carbonyl (C=O) groups is 1. The Kier molecular flexibility index (Phi) is 3.50. The Hall–Kier alpha value is -2.25. The monoisotopic (exact) mass is 335 g/mol. The molecule has 0 bridgehead atoms. The number of hydrogen-bond donors (Lipinski definition) is 2. The van der Waals surface area contributed by atoms with Crippen LogP contribution in [-0.4, -0.2) is 30.3 Å². The van der Waals surface area contributed by atoms with Crippen molar-refractivity contribution in [3.63, 3.8) is 0 Å². The highest BCUT2D eigenvalue weighted by atomic mass is 32.2. The maximum absolute atomic E-state index is 13.4. The zero-order valence-electron chi connectivity index (χ0n) is 11.9. The van der Waals surface area contributed by atoms with Gasteiger partial charge in [0, 0.05) is 5.92 Å². The minimum Gasteiger partial charge on any atom is -0.480 e. The van der Waals surface area contributed by atoms with E-state index in [0.717, 1.165) is 6.07 Å². The van der Waals surface area contributed by atoms with Crippen molar-refractivity contribution in [1.29, 1.82) is 0 Å². The van der Waals surface area contributed by atoms with Gasteiger partial charge in [0.1, 0.15) is 16.6 Å². The van der Waals surface area contributed by atoms with Crippen molar-refractivity contribution >= 4 is 15.8 Å². The summed E-state index contributed by atoms with van der Waals surface area (Å²) in [6.45, 7) is 0. The van der Waals surface area contributed by atoms with Crippen LogP contribution in [0, 0.1) is 5.82 Å². The first-order chi connectivity index (χ1) is 10.8. The van der Waals surface area contributed by atoms with E-state index in [1.165, 1.54) is 30.3 Å². The van der Waals surface area contributed by atoms with Crippen LogP contribution in [0.1, 0.15) is 11.5 Å². The number of carboxylic acids is 1. The van der Waals surface area contributed by atoms with E-state index in [2.05, 4.69) is 0 Å². The molecule has 0 spiro atoms. The average Bonchev–Trinajstić information content (AvgIpc) is 3.17. The normalized spacial score (nSPS) is 26.7. The van der Waals surface area contributed by atoms with Crippen molar-refractivity contribution in [3.05, 3.63) is 66.0 Å². The van der Waals surface area contributed by atoms with E-state index >= 15 is 0 Å². The van der Waals surface area contributed by atoms with Crippen LogP contribution in [0.15, 0.2) is 59.5 Å². The summed E-state index contributed by atoms with van der Waals surface area (Å²) in [4.78, 5) is 11.6. The van der Waals surface area contributed by atoms with Gasteiger partial charge in [-0.05, 0) is 29.8 Å². The minimum atomic E-state index is -3.96. The second-order valence-electron chi connectivity index (χ2n) is 5.55. The first kappa shape index (κ1) is 15.6. The van der Waals surface area contributed by atoms with E-state index in [-0.39, 0.29) is 10.5 Å². The molecule has 2 aromatic rings. The number of carboxylic acid groups (broad SMARTS) is 1. The van der Waals surface area contributed by atoms with Gasteiger partial charge < -0.3 is 10.8 Å². The quantitative estimate of drug-likeness (QED) is 0.883. The molecule has 0 aliphatic heterocycles. The molecule has 3 atom stereocenters. The smallest absolute Gasteiger partial charge is 0.325 e. The molecule has 7 heteroatoms. The van der Waals surface area contributed by atoms with Gasteiger partial charge in [0.25, 0.3) is 0 Å². The van der Waals surface area contributed by atoms with Crippen LogP contribution < -0.4 is 5.73 Å². The van der Waals surface area contributed by atoms with E-state index in [1.807, 2.05) is 0 Å². The number of nitrogens with two attached hydrogens (primary N) is 1. The van der Waals surface area contributed by atoms with Crippen molar-refractivity contribution in [2.45, 2.75) is 21.6 Å². The predicted molar refractivity (Wildman–Crippen MR) is 81.1 cm³/mol. The number of hydrogen-bond acceptors (Lipinski definition) is 4. The number of aliphatic carboxylic acids is 1. The van der Waals surface area contributed by atoms with Gasteiger partial charge in [-0.25, -0.2) is 12.8 Å².